The van der Waals surface area contributed by atoms with Crippen molar-refractivity contribution in [2.45, 2.75) is 6.92 Å². The lowest BCUT2D eigenvalue weighted by Gasteiger charge is -2.09. The summed E-state index contributed by atoms with van der Waals surface area (Å²) >= 11 is 0. The number of phenolic OH excluding ortho intramolecular Hbond substituents is 1. The molecule has 0 bridgehead atoms. The second-order valence-electron chi connectivity index (χ2n) is 4.60. The zero-order valence-corrected chi connectivity index (χ0v) is 12.0. The topological polar surface area (TPSA) is 102 Å². The van der Waals surface area contributed by atoms with E-state index in [0.717, 1.165) is 0 Å². The minimum Gasteiger partial charge on any atom is -0.507 e. The van der Waals surface area contributed by atoms with Gasteiger partial charge in [0.2, 0.25) is 0 Å². The van der Waals surface area contributed by atoms with Crippen molar-refractivity contribution in [2.24, 2.45) is 0 Å². The maximum absolute atomic E-state index is 12.2. The molecule has 0 aliphatic carbocycles. The number of ether oxygens (including phenoxy) is 1. The molecule has 0 aromatic heterocycles. The molecule has 2 rings (SSSR count). The maximum Gasteiger partial charge on any atom is 0.274 e. The average Bonchev–Trinajstić information content (AvgIpc) is 2.49. The van der Waals surface area contributed by atoms with Crippen LogP contribution in [-0.2, 0) is 0 Å². The second kappa shape index (κ2) is 6.13. The standard InChI is InChI=1S/C15H14N2O5/c1-9-3-4-10(7-13(9)17(20)21)16-15(19)12-8-11(22-2)5-6-14(12)18/h3-8,18H,1-2H3,(H,16,19). The molecular weight excluding hydrogens is 288 g/mol. The Bertz CT molecular complexity index is 743. The number of rotatable bonds is 4. The molecule has 7 nitrogen and oxygen atoms in total. The molecule has 114 valence electrons. The van der Waals surface area contributed by atoms with Gasteiger partial charge >= 0.3 is 0 Å². The first kappa shape index (κ1) is 15.3. The number of benzene rings is 2. The molecule has 0 radical (unpaired) electrons. The van der Waals surface area contributed by atoms with Crippen LogP contribution < -0.4 is 10.1 Å². The van der Waals surface area contributed by atoms with Crippen molar-refractivity contribution in [3.05, 3.63) is 57.6 Å². The van der Waals surface area contributed by atoms with E-state index in [4.69, 9.17) is 4.74 Å². The van der Waals surface area contributed by atoms with E-state index in [0.29, 0.717) is 11.3 Å². The summed E-state index contributed by atoms with van der Waals surface area (Å²) in [6, 6.07) is 8.60. The number of hydrogen-bond donors (Lipinski definition) is 2. The first-order chi connectivity index (χ1) is 10.4. The molecule has 2 aromatic rings. The summed E-state index contributed by atoms with van der Waals surface area (Å²) in [6.45, 7) is 1.61. The van der Waals surface area contributed by atoms with E-state index in [-0.39, 0.29) is 22.7 Å². The number of phenols is 1. The predicted molar refractivity (Wildman–Crippen MR) is 80.4 cm³/mol. The van der Waals surface area contributed by atoms with Gasteiger partial charge in [0, 0.05) is 17.3 Å². The van der Waals surface area contributed by atoms with Crippen LogP contribution in [0.25, 0.3) is 0 Å². The second-order valence-corrected chi connectivity index (χ2v) is 4.60. The average molecular weight is 302 g/mol. The number of nitro benzene ring substituents is 1. The van der Waals surface area contributed by atoms with Crippen molar-refractivity contribution < 1.29 is 19.6 Å². The summed E-state index contributed by atoms with van der Waals surface area (Å²) in [5, 5.41) is 23.2. The Kier molecular flexibility index (Phi) is 4.26. The fourth-order valence-corrected chi connectivity index (χ4v) is 1.91. The summed E-state index contributed by atoms with van der Waals surface area (Å²) in [4.78, 5) is 22.6. The van der Waals surface area contributed by atoms with Crippen molar-refractivity contribution >= 4 is 17.3 Å². The van der Waals surface area contributed by atoms with Crippen LogP contribution in [0.15, 0.2) is 36.4 Å². The van der Waals surface area contributed by atoms with Gasteiger partial charge in [-0.05, 0) is 31.2 Å². The van der Waals surface area contributed by atoms with E-state index >= 15 is 0 Å². The van der Waals surface area contributed by atoms with E-state index < -0.39 is 10.8 Å². The number of aryl methyl sites for hydroxylation is 1. The van der Waals surface area contributed by atoms with Crippen LogP contribution in [0.2, 0.25) is 0 Å². The van der Waals surface area contributed by atoms with Gasteiger partial charge in [-0.25, -0.2) is 0 Å². The molecule has 22 heavy (non-hydrogen) atoms. The number of aromatic hydroxyl groups is 1. The first-order valence-corrected chi connectivity index (χ1v) is 6.35. The van der Waals surface area contributed by atoms with Crippen LogP contribution >= 0.6 is 0 Å². The lowest BCUT2D eigenvalue weighted by Crippen LogP contribution is -2.12. The normalized spacial score (nSPS) is 10.1. The van der Waals surface area contributed by atoms with Crippen LogP contribution in [0.3, 0.4) is 0 Å². The van der Waals surface area contributed by atoms with Gasteiger partial charge in [0.25, 0.3) is 11.6 Å². The van der Waals surface area contributed by atoms with E-state index in [2.05, 4.69) is 5.32 Å². The Labute approximate surface area is 126 Å². The molecule has 7 heteroatoms. The fraction of sp³-hybridized carbons (Fsp3) is 0.133. The molecule has 0 saturated heterocycles. The molecule has 0 fully saturated rings. The molecule has 0 aliphatic rings. The van der Waals surface area contributed by atoms with Gasteiger partial charge in [0.1, 0.15) is 11.5 Å². The first-order valence-electron chi connectivity index (χ1n) is 6.35. The molecule has 0 heterocycles. The zero-order valence-electron chi connectivity index (χ0n) is 12.0. The van der Waals surface area contributed by atoms with Gasteiger partial charge in [0.15, 0.2) is 0 Å². The molecule has 0 unspecified atom stereocenters. The highest BCUT2D eigenvalue weighted by molar-refractivity contribution is 6.06. The smallest absolute Gasteiger partial charge is 0.274 e. The molecule has 1 amide bonds. The number of methoxy groups -OCH3 is 1. The number of anilines is 1. The molecule has 0 atom stereocenters. The Hall–Kier alpha value is -3.09. The van der Waals surface area contributed by atoms with Crippen molar-refractivity contribution in [1.82, 2.24) is 0 Å². The van der Waals surface area contributed by atoms with E-state index in [1.165, 1.54) is 31.4 Å². The van der Waals surface area contributed by atoms with Crippen LogP contribution in [0.4, 0.5) is 11.4 Å². The highest BCUT2D eigenvalue weighted by atomic mass is 16.6. The largest absolute Gasteiger partial charge is 0.507 e. The molecule has 0 saturated carbocycles. The third kappa shape index (κ3) is 3.14. The van der Waals surface area contributed by atoms with Crippen LogP contribution in [0.1, 0.15) is 15.9 Å². The Morgan fingerprint density at radius 2 is 2.00 bits per heavy atom. The Morgan fingerprint density at radius 3 is 2.64 bits per heavy atom. The number of amides is 1. The number of carbonyl (C=O) groups excluding carboxylic acids is 1. The molecule has 2 aromatic carbocycles. The quantitative estimate of drug-likeness (QED) is 0.668. The maximum atomic E-state index is 12.2. The number of carbonyl (C=O) groups is 1. The predicted octanol–water partition coefficient (Wildman–Crippen LogP) is 2.87. The van der Waals surface area contributed by atoms with Crippen LogP contribution in [-0.4, -0.2) is 23.0 Å². The minimum atomic E-state index is -0.588. The summed E-state index contributed by atoms with van der Waals surface area (Å²) in [7, 11) is 1.44. The van der Waals surface area contributed by atoms with E-state index in [1.54, 1.807) is 19.1 Å². The van der Waals surface area contributed by atoms with E-state index in [1.807, 2.05) is 0 Å². The lowest BCUT2D eigenvalue weighted by atomic mass is 10.1. The van der Waals surface area contributed by atoms with Crippen molar-refractivity contribution in [3.8, 4) is 11.5 Å². The Morgan fingerprint density at radius 1 is 1.27 bits per heavy atom. The monoisotopic (exact) mass is 302 g/mol. The van der Waals surface area contributed by atoms with Gasteiger partial charge in [-0.15, -0.1) is 0 Å². The molecular formula is C15H14N2O5. The van der Waals surface area contributed by atoms with Gasteiger partial charge in [-0.1, -0.05) is 6.07 Å². The third-order valence-corrected chi connectivity index (χ3v) is 3.11. The summed E-state index contributed by atoms with van der Waals surface area (Å²) < 4.78 is 5.00. The number of hydrogen-bond acceptors (Lipinski definition) is 5. The van der Waals surface area contributed by atoms with Crippen molar-refractivity contribution in [2.75, 3.05) is 12.4 Å². The molecule has 0 spiro atoms. The van der Waals surface area contributed by atoms with E-state index in [9.17, 15) is 20.0 Å². The van der Waals surface area contributed by atoms with Gasteiger partial charge in [-0.3, -0.25) is 14.9 Å². The lowest BCUT2D eigenvalue weighted by molar-refractivity contribution is -0.385. The van der Waals surface area contributed by atoms with Crippen LogP contribution in [0, 0.1) is 17.0 Å². The molecule has 2 N–H and O–H groups in total. The summed E-state index contributed by atoms with van der Waals surface area (Å²) in [6.07, 6.45) is 0. The SMILES string of the molecule is COc1ccc(O)c(C(=O)Nc2ccc(C)c([N+](=O)[O-])c2)c1. The summed E-state index contributed by atoms with van der Waals surface area (Å²) in [5.41, 5.74) is 0.687. The van der Waals surface area contributed by atoms with Gasteiger partial charge in [0.05, 0.1) is 17.6 Å². The number of nitro groups is 1. The summed E-state index contributed by atoms with van der Waals surface area (Å²) in [5.74, 6) is -0.382. The van der Waals surface area contributed by atoms with Gasteiger partial charge < -0.3 is 15.2 Å². The highest BCUT2D eigenvalue weighted by Gasteiger charge is 2.15. The minimum absolute atomic E-state index is 0.0163. The highest BCUT2D eigenvalue weighted by Crippen LogP contribution is 2.26. The van der Waals surface area contributed by atoms with Crippen molar-refractivity contribution in [3.63, 3.8) is 0 Å². The Balaban J connectivity index is 2.29. The van der Waals surface area contributed by atoms with Crippen molar-refractivity contribution in [1.29, 1.82) is 0 Å². The fourth-order valence-electron chi connectivity index (χ4n) is 1.91. The van der Waals surface area contributed by atoms with Crippen LogP contribution in [0.5, 0.6) is 11.5 Å². The third-order valence-electron chi connectivity index (χ3n) is 3.11. The molecule has 0 aliphatic heterocycles. The number of nitrogens with one attached hydrogen (secondary N) is 1. The number of nitrogens with zero attached hydrogens (tertiary/aromatic N) is 1. The zero-order chi connectivity index (χ0) is 16.3. The van der Waals surface area contributed by atoms with Gasteiger partial charge in [-0.2, -0.15) is 0 Å².